The zero-order valence-corrected chi connectivity index (χ0v) is 12.7. The van der Waals surface area contributed by atoms with E-state index in [1.165, 1.54) is 11.8 Å². The summed E-state index contributed by atoms with van der Waals surface area (Å²) in [6.07, 6.45) is 0. The summed E-state index contributed by atoms with van der Waals surface area (Å²) >= 11 is 1.52. The maximum atomic E-state index is 12.0. The van der Waals surface area contributed by atoms with Crippen LogP contribution in [0, 0.1) is 20.8 Å². The van der Waals surface area contributed by atoms with Crippen LogP contribution in [0.2, 0.25) is 0 Å². The van der Waals surface area contributed by atoms with Gasteiger partial charge in [-0.3, -0.25) is 10.1 Å². The Morgan fingerprint density at radius 3 is 2.65 bits per heavy atom. The van der Waals surface area contributed by atoms with Gasteiger partial charge in [0.1, 0.15) is 5.76 Å². The Hall–Kier alpha value is -1.76. The number of hydrogen-bond acceptors (Lipinski definition) is 6. The van der Waals surface area contributed by atoms with Gasteiger partial charge in [0.2, 0.25) is 11.8 Å². The number of carbonyl (C=O) groups is 1. The van der Waals surface area contributed by atoms with Gasteiger partial charge in [0.05, 0.1) is 16.6 Å². The van der Waals surface area contributed by atoms with Crippen molar-refractivity contribution >= 4 is 23.6 Å². The molecule has 2 rings (SSSR count). The van der Waals surface area contributed by atoms with Crippen LogP contribution in [0.1, 0.15) is 29.6 Å². The molecule has 0 fully saturated rings. The first-order valence-electron chi connectivity index (χ1n) is 6.25. The fraction of sp³-hybridized carbons (Fsp3) is 0.462. The molecule has 1 N–H and O–H groups in total. The quantitative estimate of drug-likeness (QED) is 0.913. The Balaban J connectivity index is 1.88. The minimum absolute atomic E-state index is 0.113. The van der Waals surface area contributed by atoms with Crippen molar-refractivity contribution in [3.8, 4) is 0 Å². The minimum atomic E-state index is -0.214. The average molecular weight is 295 g/mol. The summed E-state index contributed by atoms with van der Waals surface area (Å²) in [7, 11) is 0. The molecule has 0 saturated heterocycles. The molecule has 1 amide bonds. The Morgan fingerprint density at radius 1 is 1.35 bits per heavy atom. The lowest BCUT2D eigenvalue weighted by Gasteiger charge is -2.09. The van der Waals surface area contributed by atoms with Crippen molar-refractivity contribution in [3.63, 3.8) is 0 Å². The average Bonchev–Trinajstić information content (AvgIpc) is 2.94. The van der Waals surface area contributed by atoms with Crippen LogP contribution in [0.5, 0.6) is 0 Å². The molecule has 0 radical (unpaired) electrons. The van der Waals surface area contributed by atoms with E-state index in [-0.39, 0.29) is 11.2 Å². The zero-order valence-electron chi connectivity index (χ0n) is 11.9. The van der Waals surface area contributed by atoms with E-state index in [0.717, 1.165) is 22.7 Å². The third-order valence-corrected chi connectivity index (χ3v) is 4.07. The minimum Gasteiger partial charge on any atom is -0.361 e. The molecule has 7 heteroatoms. The summed E-state index contributed by atoms with van der Waals surface area (Å²) in [5.41, 5.74) is 2.65. The van der Waals surface area contributed by atoms with Crippen molar-refractivity contribution in [2.75, 3.05) is 5.32 Å². The summed E-state index contributed by atoms with van der Waals surface area (Å²) in [5.74, 6) is 1.74. The SMILES string of the molecule is Cc1cc(NC(=O)C(C)SCc2c(C)noc2C)on1. The Labute approximate surface area is 121 Å². The van der Waals surface area contributed by atoms with Gasteiger partial charge in [0, 0.05) is 17.4 Å². The smallest absolute Gasteiger partial charge is 0.239 e. The number of carbonyl (C=O) groups excluding carboxylic acids is 1. The van der Waals surface area contributed by atoms with Crippen LogP contribution in [-0.4, -0.2) is 21.5 Å². The predicted molar refractivity (Wildman–Crippen MR) is 76.6 cm³/mol. The number of aromatic nitrogens is 2. The third kappa shape index (κ3) is 3.41. The number of aryl methyl sites for hydroxylation is 3. The van der Waals surface area contributed by atoms with E-state index in [0.29, 0.717) is 11.6 Å². The van der Waals surface area contributed by atoms with Crippen molar-refractivity contribution in [1.29, 1.82) is 0 Å². The normalized spacial score (nSPS) is 12.4. The zero-order chi connectivity index (χ0) is 14.7. The second-order valence-corrected chi connectivity index (χ2v) is 5.91. The fourth-order valence-electron chi connectivity index (χ4n) is 1.64. The molecule has 0 aliphatic rings. The van der Waals surface area contributed by atoms with Crippen LogP contribution in [0.3, 0.4) is 0 Å². The lowest BCUT2D eigenvalue weighted by molar-refractivity contribution is -0.115. The molecule has 6 nitrogen and oxygen atoms in total. The molecule has 108 valence electrons. The molecule has 0 spiro atoms. The third-order valence-electron chi connectivity index (χ3n) is 2.90. The first-order chi connectivity index (χ1) is 9.47. The molecule has 0 aromatic carbocycles. The van der Waals surface area contributed by atoms with E-state index in [4.69, 9.17) is 9.05 Å². The van der Waals surface area contributed by atoms with Gasteiger partial charge in [-0.1, -0.05) is 10.3 Å². The Kier molecular flexibility index (Phi) is 4.49. The highest BCUT2D eigenvalue weighted by Crippen LogP contribution is 2.23. The highest BCUT2D eigenvalue weighted by atomic mass is 32.2. The number of hydrogen-bond donors (Lipinski definition) is 1. The van der Waals surface area contributed by atoms with Crippen molar-refractivity contribution in [3.05, 3.63) is 28.8 Å². The highest BCUT2D eigenvalue weighted by molar-refractivity contribution is 7.99. The number of rotatable bonds is 5. The van der Waals surface area contributed by atoms with Crippen molar-refractivity contribution < 1.29 is 13.8 Å². The molecule has 0 saturated carbocycles. The molecular weight excluding hydrogens is 278 g/mol. The van der Waals surface area contributed by atoms with Crippen molar-refractivity contribution in [1.82, 2.24) is 10.3 Å². The molecule has 20 heavy (non-hydrogen) atoms. The van der Waals surface area contributed by atoms with E-state index in [9.17, 15) is 4.79 Å². The van der Waals surface area contributed by atoms with Gasteiger partial charge in [0.15, 0.2) is 0 Å². The van der Waals surface area contributed by atoms with Gasteiger partial charge < -0.3 is 9.05 Å². The van der Waals surface area contributed by atoms with E-state index in [2.05, 4.69) is 15.6 Å². The van der Waals surface area contributed by atoms with Gasteiger partial charge in [0.25, 0.3) is 0 Å². The second kappa shape index (κ2) is 6.13. The molecule has 1 unspecified atom stereocenters. The van der Waals surface area contributed by atoms with E-state index in [1.54, 1.807) is 13.0 Å². The molecular formula is C13H17N3O3S. The summed E-state index contributed by atoms with van der Waals surface area (Å²) in [4.78, 5) is 12.0. The monoisotopic (exact) mass is 295 g/mol. The Morgan fingerprint density at radius 2 is 2.10 bits per heavy atom. The standard InChI is InChI=1S/C13H17N3O3S/c1-7-5-12(19-15-7)14-13(17)10(4)20-6-11-8(2)16-18-9(11)3/h5,10H,6H2,1-4H3,(H,14,17). The molecule has 1 atom stereocenters. The topological polar surface area (TPSA) is 81.2 Å². The number of nitrogens with one attached hydrogen (secondary N) is 1. The summed E-state index contributed by atoms with van der Waals surface area (Å²) in [5, 5.41) is 10.1. The van der Waals surface area contributed by atoms with E-state index in [1.807, 2.05) is 20.8 Å². The van der Waals surface area contributed by atoms with E-state index < -0.39 is 0 Å². The number of anilines is 1. The Bertz CT molecular complexity index is 586. The second-order valence-electron chi connectivity index (χ2n) is 4.58. The van der Waals surface area contributed by atoms with Crippen LogP contribution >= 0.6 is 11.8 Å². The van der Waals surface area contributed by atoms with Crippen molar-refractivity contribution in [2.24, 2.45) is 0 Å². The molecule has 2 heterocycles. The number of thioether (sulfide) groups is 1. The van der Waals surface area contributed by atoms with Crippen LogP contribution in [0.15, 0.2) is 15.1 Å². The summed E-state index contributed by atoms with van der Waals surface area (Å²) in [6.45, 7) is 7.42. The fourth-order valence-corrected chi connectivity index (χ4v) is 2.68. The molecule has 0 aliphatic carbocycles. The van der Waals surface area contributed by atoms with Crippen LogP contribution in [0.25, 0.3) is 0 Å². The number of amides is 1. The highest BCUT2D eigenvalue weighted by Gasteiger charge is 2.17. The van der Waals surface area contributed by atoms with Gasteiger partial charge in [-0.15, -0.1) is 11.8 Å². The molecule has 0 bridgehead atoms. The summed E-state index contributed by atoms with van der Waals surface area (Å²) < 4.78 is 10.1. The predicted octanol–water partition coefficient (Wildman–Crippen LogP) is 2.85. The molecule has 2 aromatic heterocycles. The van der Waals surface area contributed by atoms with Gasteiger partial charge >= 0.3 is 0 Å². The van der Waals surface area contributed by atoms with Gasteiger partial charge in [-0.2, -0.15) is 0 Å². The van der Waals surface area contributed by atoms with Crippen LogP contribution in [-0.2, 0) is 10.5 Å². The largest absolute Gasteiger partial charge is 0.361 e. The van der Waals surface area contributed by atoms with Crippen molar-refractivity contribution in [2.45, 2.75) is 38.7 Å². The number of nitrogens with zero attached hydrogens (tertiary/aromatic N) is 2. The van der Waals surface area contributed by atoms with Crippen LogP contribution < -0.4 is 5.32 Å². The van der Waals surface area contributed by atoms with Gasteiger partial charge in [-0.25, -0.2) is 0 Å². The lowest BCUT2D eigenvalue weighted by Crippen LogP contribution is -2.22. The summed E-state index contributed by atoms with van der Waals surface area (Å²) in [6, 6.07) is 1.68. The first-order valence-corrected chi connectivity index (χ1v) is 7.29. The first kappa shape index (κ1) is 14.6. The van der Waals surface area contributed by atoms with Gasteiger partial charge in [-0.05, 0) is 27.7 Å². The lowest BCUT2D eigenvalue weighted by atomic mass is 10.2. The maximum absolute atomic E-state index is 12.0. The van der Waals surface area contributed by atoms with E-state index >= 15 is 0 Å². The maximum Gasteiger partial charge on any atom is 0.239 e. The van der Waals surface area contributed by atoms with Crippen LogP contribution in [0.4, 0.5) is 5.88 Å². The molecule has 2 aromatic rings. The molecule has 0 aliphatic heterocycles.